The van der Waals surface area contributed by atoms with E-state index in [0.717, 1.165) is 0 Å². The lowest BCUT2D eigenvalue weighted by molar-refractivity contribution is 0.475. The van der Waals surface area contributed by atoms with Crippen LogP contribution in [0.3, 0.4) is 0 Å². The minimum atomic E-state index is -1.72. The van der Waals surface area contributed by atoms with Gasteiger partial charge in [0.25, 0.3) is 0 Å². The fourth-order valence-corrected chi connectivity index (χ4v) is 0.428. The van der Waals surface area contributed by atoms with Crippen LogP contribution in [-0.2, 0) is 0 Å². The van der Waals surface area contributed by atoms with Gasteiger partial charge in [0.2, 0.25) is 0 Å². The van der Waals surface area contributed by atoms with Gasteiger partial charge in [-0.25, -0.2) is 30.1 Å². The predicted octanol–water partition coefficient (Wildman–Crippen LogP) is 3.08. The first-order chi connectivity index (χ1) is 5.13. The van der Waals surface area contributed by atoms with Gasteiger partial charge >= 0.3 is 11.4 Å². The van der Waals surface area contributed by atoms with E-state index in [1.165, 1.54) is 0 Å². The largest absolute Gasteiger partial charge is 0.643 e. The number of para-hydroxylation sites is 1. The van der Waals surface area contributed by atoms with Crippen LogP contribution in [0.15, 0.2) is 30.3 Å². The number of phenolic OH excluding ortho intramolecular Hbond substituents is 1. The van der Waals surface area contributed by atoms with Gasteiger partial charge in [-0.15, -0.1) is 0 Å². The highest BCUT2D eigenvalue weighted by Crippen LogP contribution is 2.02. The number of phenols is 1. The van der Waals surface area contributed by atoms with Crippen molar-refractivity contribution in [1.82, 2.24) is 0 Å². The molecule has 0 amide bonds. The van der Waals surface area contributed by atoms with Crippen LogP contribution < -0.4 is 0 Å². The highest BCUT2D eigenvalue weighted by atomic mass is 35.8. The van der Waals surface area contributed by atoms with Crippen LogP contribution in [0.1, 0.15) is 0 Å². The molecule has 0 aliphatic carbocycles. The van der Waals surface area contributed by atoms with Crippen LogP contribution in [-0.4, -0.2) is 16.5 Å². The molecule has 0 fully saturated rings. The van der Waals surface area contributed by atoms with Crippen molar-refractivity contribution in [2.45, 2.75) is 0 Å². The number of benzene rings is 1. The molecule has 0 saturated heterocycles. The van der Waals surface area contributed by atoms with Gasteiger partial charge in [0.05, 0.1) is 0 Å². The molecule has 0 radical (unpaired) electrons. The lowest BCUT2D eigenvalue weighted by atomic mass is 10.3. The summed E-state index contributed by atoms with van der Waals surface area (Å²) in [4.78, 5) is 0. The second kappa shape index (κ2) is 7.09. The van der Waals surface area contributed by atoms with Crippen molar-refractivity contribution in [3.63, 3.8) is 0 Å². The van der Waals surface area contributed by atoms with Gasteiger partial charge in [-0.05, 0) is 12.1 Å². The van der Waals surface area contributed by atoms with Gasteiger partial charge in [0.1, 0.15) is 5.75 Å². The molecule has 0 unspecified atom stereocenters. The maximum absolute atomic E-state index is 8.63. The van der Waals surface area contributed by atoms with E-state index in [2.05, 4.69) is 0 Å². The van der Waals surface area contributed by atoms with Gasteiger partial charge in [0, 0.05) is 0 Å². The third-order valence-electron chi connectivity index (χ3n) is 0.756. The standard InChI is InChI=1S/C6H6O.Al.3ClH/c7-6-4-2-1-3-5-6;;;;/h1-5,7H;;3*1H/q;+3;;;/p-3. The number of hydrogen-bond acceptors (Lipinski definition) is 1. The summed E-state index contributed by atoms with van der Waals surface area (Å²) in [5, 5.41) is 8.63. The Morgan fingerprint density at radius 3 is 1.55 bits per heavy atom. The third kappa shape index (κ3) is 10.4. The molecule has 1 aromatic carbocycles. The molecule has 0 aliphatic rings. The average molecular weight is 227 g/mol. The predicted molar refractivity (Wildman–Crippen MR) is 51.4 cm³/mol. The summed E-state index contributed by atoms with van der Waals surface area (Å²) in [6.45, 7) is 0. The van der Waals surface area contributed by atoms with Crippen molar-refractivity contribution >= 4 is 41.5 Å². The second-order valence-electron chi connectivity index (χ2n) is 1.58. The molecule has 1 aromatic rings. The van der Waals surface area contributed by atoms with E-state index in [-0.39, 0.29) is 0 Å². The lowest BCUT2D eigenvalue weighted by Gasteiger charge is -1.82. The summed E-state index contributed by atoms with van der Waals surface area (Å²) in [5.41, 5.74) is 0. The zero-order valence-corrected chi connectivity index (χ0v) is 8.97. The quantitative estimate of drug-likeness (QED) is 0.675. The van der Waals surface area contributed by atoms with Gasteiger partial charge in [0.15, 0.2) is 0 Å². The molecule has 0 heterocycles. The van der Waals surface area contributed by atoms with Crippen molar-refractivity contribution in [3.8, 4) is 5.75 Å². The number of halogens is 3. The number of hydrogen-bond donors (Lipinski definition) is 1. The van der Waals surface area contributed by atoms with E-state index in [4.69, 9.17) is 35.3 Å². The Morgan fingerprint density at radius 2 is 1.36 bits per heavy atom. The fraction of sp³-hybridized carbons (Fsp3) is 0. The summed E-state index contributed by atoms with van der Waals surface area (Å²) in [6, 6.07) is 8.71. The van der Waals surface area contributed by atoms with Gasteiger partial charge in [-0.1, -0.05) is 18.2 Å². The molecule has 1 nitrogen and oxygen atoms in total. The SMILES string of the molecule is Oc1ccccc1.[Cl][Al]([Cl])[Cl]. The van der Waals surface area contributed by atoms with Gasteiger partial charge in [-0.2, -0.15) is 0 Å². The van der Waals surface area contributed by atoms with E-state index in [1.807, 2.05) is 6.07 Å². The van der Waals surface area contributed by atoms with Crippen molar-refractivity contribution in [2.75, 3.05) is 0 Å². The molecule has 0 aliphatic heterocycles. The van der Waals surface area contributed by atoms with Gasteiger partial charge < -0.3 is 5.11 Å². The van der Waals surface area contributed by atoms with Crippen molar-refractivity contribution in [3.05, 3.63) is 30.3 Å². The first-order valence-electron chi connectivity index (χ1n) is 2.79. The Labute approximate surface area is 82.5 Å². The molecule has 0 atom stereocenters. The van der Waals surface area contributed by atoms with Crippen LogP contribution in [0.25, 0.3) is 0 Å². The lowest BCUT2D eigenvalue weighted by Crippen LogP contribution is -1.66. The molecular weight excluding hydrogens is 221 g/mol. The molecule has 11 heavy (non-hydrogen) atoms. The van der Waals surface area contributed by atoms with Gasteiger partial charge in [-0.3, -0.25) is 0 Å². The third-order valence-corrected chi connectivity index (χ3v) is 0.756. The maximum Gasteiger partial charge on any atom is 0.643 e. The monoisotopic (exact) mass is 226 g/mol. The Kier molecular flexibility index (Phi) is 7.36. The average Bonchev–Trinajstić information content (AvgIpc) is 1.87. The van der Waals surface area contributed by atoms with E-state index in [0.29, 0.717) is 5.75 Å². The van der Waals surface area contributed by atoms with Crippen molar-refractivity contribution < 1.29 is 5.11 Å². The highest BCUT2D eigenvalue weighted by Gasteiger charge is 2.00. The van der Waals surface area contributed by atoms with Crippen LogP contribution >= 0.6 is 30.1 Å². The molecule has 60 valence electrons. The summed E-state index contributed by atoms with van der Waals surface area (Å²) >= 11 is -1.72. The number of aromatic hydroxyl groups is 1. The molecule has 0 bridgehead atoms. The molecule has 1 N–H and O–H groups in total. The second-order valence-corrected chi connectivity index (χ2v) is 8.02. The normalized spacial score (nSPS) is 7.91. The molecule has 5 heteroatoms. The van der Waals surface area contributed by atoms with Crippen molar-refractivity contribution in [2.24, 2.45) is 0 Å². The zero-order valence-electron chi connectivity index (χ0n) is 5.55. The van der Waals surface area contributed by atoms with Crippen LogP contribution in [0.5, 0.6) is 5.75 Å². The molecule has 0 saturated carbocycles. The Bertz CT molecular complexity index is 178. The number of rotatable bonds is 0. The summed E-state index contributed by atoms with van der Waals surface area (Å²) in [7, 11) is 14.8. The van der Waals surface area contributed by atoms with Crippen LogP contribution in [0.4, 0.5) is 0 Å². The van der Waals surface area contributed by atoms with E-state index in [9.17, 15) is 0 Å². The molecule has 0 aromatic heterocycles. The summed E-state index contributed by atoms with van der Waals surface area (Å²) in [5.74, 6) is 0.322. The van der Waals surface area contributed by atoms with Crippen molar-refractivity contribution in [1.29, 1.82) is 0 Å². The Morgan fingerprint density at radius 1 is 1.00 bits per heavy atom. The highest BCUT2D eigenvalue weighted by molar-refractivity contribution is 7.54. The molecule has 0 spiro atoms. The first-order valence-corrected chi connectivity index (χ1v) is 8.03. The van der Waals surface area contributed by atoms with Crippen LogP contribution in [0.2, 0.25) is 0 Å². The smallest absolute Gasteiger partial charge is 0.508 e. The van der Waals surface area contributed by atoms with Crippen LogP contribution in [0, 0.1) is 0 Å². The fourth-order valence-electron chi connectivity index (χ4n) is 0.428. The van der Waals surface area contributed by atoms with E-state index in [1.54, 1.807) is 24.3 Å². The topological polar surface area (TPSA) is 20.2 Å². The minimum Gasteiger partial charge on any atom is -0.508 e. The molecular formula is C6H6AlCl3O. The maximum atomic E-state index is 8.63. The first kappa shape index (κ1) is 11.4. The van der Waals surface area contributed by atoms with E-state index < -0.39 is 11.4 Å². The Balaban J connectivity index is 0.000000218. The molecule has 1 rings (SSSR count). The minimum absolute atomic E-state index is 0.322. The summed E-state index contributed by atoms with van der Waals surface area (Å²) < 4.78 is 0. The Hall–Kier alpha value is 0.422. The summed E-state index contributed by atoms with van der Waals surface area (Å²) in [6.07, 6.45) is 0. The van der Waals surface area contributed by atoms with E-state index >= 15 is 0 Å². The zero-order chi connectivity index (χ0) is 8.69.